The van der Waals surface area contributed by atoms with Gasteiger partial charge in [0, 0.05) is 42.5 Å². The minimum absolute atomic E-state index is 0. The summed E-state index contributed by atoms with van der Waals surface area (Å²) in [5, 5.41) is 9.82. The minimum Gasteiger partial charge on any atom is -0.377 e. The van der Waals surface area contributed by atoms with E-state index in [1.807, 2.05) is 20.8 Å². The van der Waals surface area contributed by atoms with E-state index in [9.17, 15) is 4.79 Å². The maximum absolute atomic E-state index is 11.9. The number of hydrogen-bond donors (Lipinski definition) is 3. The molecule has 0 aromatic heterocycles. The van der Waals surface area contributed by atoms with Crippen molar-refractivity contribution in [1.29, 1.82) is 0 Å². The normalized spacial score (nSPS) is 27.6. The summed E-state index contributed by atoms with van der Waals surface area (Å²) in [6.07, 6.45) is 1.48. The highest BCUT2D eigenvalue weighted by Crippen LogP contribution is 2.52. The smallest absolute Gasteiger partial charge is 0.225 e. The molecule has 0 spiro atoms. The number of nitrogens with zero attached hydrogens (tertiary/aromatic N) is 1. The molecule has 2 fully saturated rings. The van der Waals surface area contributed by atoms with Gasteiger partial charge in [0.15, 0.2) is 5.96 Å². The fourth-order valence-corrected chi connectivity index (χ4v) is 3.69. The van der Waals surface area contributed by atoms with Crippen LogP contribution in [0.3, 0.4) is 0 Å². The number of nitrogens with one attached hydrogen (secondary N) is 3. The quantitative estimate of drug-likeness (QED) is 0.251. The average Bonchev–Trinajstić information content (AvgIpc) is 2.94. The van der Waals surface area contributed by atoms with Gasteiger partial charge in [-0.1, -0.05) is 34.6 Å². The summed E-state index contributed by atoms with van der Waals surface area (Å²) < 4.78 is 5.85. The third kappa shape index (κ3) is 5.21. The Kier molecular flexibility index (Phi) is 7.98. The molecule has 2 rings (SSSR count). The molecule has 1 saturated carbocycles. The minimum atomic E-state index is -0.361. The molecule has 0 bridgehead atoms. The van der Waals surface area contributed by atoms with Crippen LogP contribution in [0.2, 0.25) is 0 Å². The lowest BCUT2D eigenvalue weighted by Gasteiger charge is -2.54. The molecule has 1 heterocycles. The van der Waals surface area contributed by atoms with Crippen molar-refractivity contribution in [2.45, 2.75) is 60.1 Å². The summed E-state index contributed by atoms with van der Waals surface area (Å²) in [6, 6.07) is 0.381. The number of ether oxygens (including phenoxy) is 1. The molecule has 7 heteroatoms. The van der Waals surface area contributed by atoms with Gasteiger partial charge < -0.3 is 20.7 Å². The molecule has 3 unspecified atom stereocenters. The molecule has 0 aromatic rings. The third-order valence-corrected chi connectivity index (χ3v) is 5.09. The van der Waals surface area contributed by atoms with Crippen LogP contribution < -0.4 is 16.0 Å². The number of fused-ring (bicyclic) bond motifs is 1. The van der Waals surface area contributed by atoms with Crippen LogP contribution in [0.25, 0.3) is 0 Å². The van der Waals surface area contributed by atoms with Gasteiger partial charge in [0.2, 0.25) is 5.91 Å². The molecule has 3 N–H and O–H groups in total. The highest BCUT2D eigenvalue weighted by molar-refractivity contribution is 14.0. The average molecular weight is 466 g/mol. The van der Waals surface area contributed by atoms with Crippen molar-refractivity contribution in [3.63, 3.8) is 0 Å². The van der Waals surface area contributed by atoms with Crippen molar-refractivity contribution in [1.82, 2.24) is 16.0 Å². The van der Waals surface area contributed by atoms with Crippen LogP contribution in [0.1, 0.15) is 48.0 Å². The summed E-state index contributed by atoms with van der Waals surface area (Å²) >= 11 is 0. The van der Waals surface area contributed by atoms with Crippen molar-refractivity contribution < 1.29 is 9.53 Å². The highest BCUT2D eigenvalue weighted by atomic mass is 127. The van der Waals surface area contributed by atoms with Crippen LogP contribution in [-0.4, -0.2) is 50.3 Å². The van der Waals surface area contributed by atoms with E-state index in [1.165, 1.54) is 0 Å². The first-order valence-electron chi connectivity index (χ1n) is 9.12. The van der Waals surface area contributed by atoms with Gasteiger partial charge in [0.1, 0.15) is 0 Å². The first-order valence-corrected chi connectivity index (χ1v) is 9.12. The Bertz CT molecular complexity index is 488. The number of hydrogen-bond acceptors (Lipinski definition) is 3. The second-order valence-corrected chi connectivity index (χ2v) is 8.45. The molecule has 1 amide bonds. The molecule has 2 aliphatic rings. The van der Waals surface area contributed by atoms with Gasteiger partial charge in [0.05, 0.1) is 12.6 Å². The predicted octanol–water partition coefficient (Wildman–Crippen LogP) is 2.14. The van der Waals surface area contributed by atoms with Gasteiger partial charge in [-0.15, -0.1) is 24.0 Å². The van der Waals surface area contributed by atoms with E-state index in [4.69, 9.17) is 4.74 Å². The second-order valence-electron chi connectivity index (χ2n) is 8.45. The Balaban J connectivity index is 0.00000312. The van der Waals surface area contributed by atoms with Crippen molar-refractivity contribution in [3.05, 3.63) is 0 Å². The molecular formula is C18H35IN4O2. The number of aliphatic imine (C=N–C) groups is 1. The first-order chi connectivity index (χ1) is 11.2. The van der Waals surface area contributed by atoms with E-state index in [2.05, 4.69) is 41.7 Å². The Labute approximate surface area is 169 Å². The fraction of sp³-hybridized carbons (Fsp3) is 0.889. The molecule has 3 atom stereocenters. The largest absolute Gasteiger partial charge is 0.377 e. The molecule has 1 aliphatic heterocycles. The SMILES string of the molecule is CCNC(=NCCNC(=O)C(C)(C)C)NC1C2CCOC2C1(C)C.I. The van der Waals surface area contributed by atoms with Gasteiger partial charge in [-0.2, -0.15) is 0 Å². The van der Waals surface area contributed by atoms with Crippen LogP contribution in [0, 0.1) is 16.7 Å². The number of rotatable bonds is 5. The lowest BCUT2D eigenvalue weighted by molar-refractivity contribution is -0.128. The zero-order chi connectivity index (χ0) is 18.0. The second kappa shape index (κ2) is 8.88. The van der Waals surface area contributed by atoms with Gasteiger partial charge in [-0.25, -0.2) is 0 Å². The van der Waals surface area contributed by atoms with Gasteiger partial charge in [0.25, 0.3) is 0 Å². The summed E-state index contributed by atoms with van der Waals surface area (Å²) in [5.41, 5.74) is -0.238. The maximum atomic E-state index is 11.9. The number of guanidine groups is 1. The summed E-state index contributed by atoms with van der Waals surface area (Å²) in [7, 11) is 0. The Hall–Kier alpha value is -0.570. The van der Waals surface area contributed by atoms with Crippen molar-refractivity contribution in [2.75, 3.05) is 26.2 Å². The molecule has 1 saturated heterocycles. The summed E-state index contributed by atoms with van der Waals surface area (Å²) in [6.45, 7) is 15.1. The first kappa shape index (κ1) is 22.5. The molecule has 0 radical (unpaired) electrons. The summed E-state index contributed by atoms with van der Waals surface area (Å²) in [4.78, 5) is 16.5. The third-order valence-electron chi connectivity index (χ3n) is 5.09. The monoisotopic (exact) mass is 466 g/mol. The van der Waals surface area contributed by atoms with Crippen molar-refractivity contribution >= 4 is 35.8 Å². The van der Waals surface area contributed by atoms with E-state index in [0.717, 1.165) is 25.5 Å². The van der Waals surface area contributed by atoms with Crippen molar-refractivity contribution in [2.24, 2.45) is 21.7 Å². The lowest BCUT2D eigenvalue weighted by Crippen LogP contribution is -2.68. The number of carbonyl (C=O) groups excluding carboxylic acids is 1. The number of carbonyl (C=O) groups is 1. The predicted molar refractivity (Wildman–Crippen MR) is 112 cm³/mol. The zero-order valence-electron chi connectivity index (χ0n) is 16.4. The Morgan fingerprint density at radius 3 is 2.56 bits per heavy atom. The molecule has 0 aromatic carbocycles. The fourth-order valence-electron chi connectivity index (χ4n) is 3.69. The van der Waals surface area contributed by atoms with Crippen LogP contribution in [0.15, 0.2) is 4.99 Å². The summed E-state index contributed by atoms with van der Waals surface area (Å²) in [5.74, 6) is 1.46. The highest BCUT2D eigenvalue weighted by Gasteiger charge is 2.59. The topological polar surface area (TPSA) is 74.8 Å². The molecule has 25 heavy (non-hydrogen) atoms. The van der Waals surface area contributed by atoms with Crippen LogP contribution in [0.5, 0.6) is 0 Å². The van der Waals surface area contributed by atoms with E-state index in [0.29, 0.717) is 31.2 Å². The Morgan fingerprint density at radius 2 is 1.96 bits per heavy atom. The molecule has 6 nitrogen and oxygen atoms in total. The Morgan fingerprint density at radius 1 is 1.28 bits per heavy atom. The van der Waals surface area contributed by atoms with E-state index in [1.54, 1.807) is 0 Å². The van der Waals surface area contributed by atoms with Gasteiger partial charge in [-0.05, 0) is 13.3 Å². The molecule has 1 aliphatic carbocycles. The van der Waals surface area contributed by atoms with E-state index in [-0.39, 0.29) is 40.7 Å². The van der Waals surface area contributed by atoms with Crippen LogP contribution in [-0.2, 0) is 9.53 Å². The standard InChI is InChI=1S/C18H34N4O2.HI/c1-7-19-16(21-10-9-20-15(23)17(2,3)4)22-13-12-8-11-24-14(12)18(13,5)6;/h12-14H,7-11H2,1-6H3,(H,20,23)(H2,19,21,22);1H. The van der Waals surface area contributed by atoms with Gasteiger partial charge in [-0.3, -0.25) is 9.79 Å². The van der Waals surface area contributed by atoms with Crippen LogP contribution >= 0.6 is 24.0 Å². The van der Waals surface area contributed by atoms with Crippen LogP contribution in [0.4, 0.5) is 0 Å². The maximum Gasteiger partial charge on any atom is 0.225 e. The lowest BCUT2D eigenvalue weighted by atomic mass is 9.57. The molecule has 146 valence electrons. The van der Waals surface area contributed by atoms with Crippen molar-refractivity contribution in [3.8, 4) is 0 Å². The van der Waals surface area contributed by atoms with E-state index >= 15 is 0 Å². The van der Waals surface area contributed by atoms with Gasteiger partial charge >= 0.3 is 0 Å². The zero-order valence-corrected chi connectivity index (χ0v) is 18.8. The molecular weight excluding hydrogens is 431 g/mol. The number of halogens is 1. The van der Waals surface area contributed by atoms with E-state index < -0.39 is 0 Å². The number of amides is 1.